The van der Waals surface area contributed by atoms with Crippen LogP contribution in [0.4, 0.5) is 0 Å². The Morgan fingerprint density at radius 1 is 1.44 bits per heavy atom. The molecule has 1 fully saturated rings. The van der Waals surface area contributed by atoms with Crippen molar-refractivity contribution in [1.29, 1.82) is 0 Å². The van der Waals surface area contributed by atoms with Gasteiger partial charge in [-0.1, -0.05) is 17.7 Å². The molecule has 2 N–H and O–H groups in total. The van der Waals surface area contributed by atoms with Gasteiger partial charge in [-0.15, -0.1) is 0 Å². The zero-order valence-electron chi connectivity index (χ0n) is 9.85. The van der Waals surface area contributed by atoms with Crippen LogP contribution in [0.25, 0.3) is 0 Å². The monoisotopic (exact) mass is 239 g/mol. The van der Waals surface area contributed by atoms with Crippen LogP contribution < -0.4 is 10.5 Å². The van der Waals surface area contributed by atoms with Crippen molar-refractivity contribution in [2.75, 3.05) is 7.11 Å². The predicted molar refractivity (Wildman–Crippen MR) is 67.2 cm³/mol. The summed E-state index contributed by atoms with van der Waals surface area (Å²) in [5.74, 6) is 0.754. The molecule has 0 atom stereocenters. The third-order valence-corrected chi connectivity index (χ3v) is 3.84. The number of aryl methyl sites for hydroxylation is 1. The van der Waals surface area contributed by atoms with Crippen molar-refractivity contribution in [2.24, 2.45) is 5.73 Å². The first kappa shape index (κ1) is 11.7. The minimum atomic E-state index is 0.0822. The molecule has 0 saturated heterocycles. The number of ether oxygens (including phenoxy) is 1. The third-order valence-electron chi connectivity index (χ3n) is 3.43. The van der Waals surface area contributed by atoms with Gasteiger partial charge in [0.2, 0.25) is 0 Å². The Hall–Kier alpha value is -0.730. The second-order valence-electron chi connectivity index (χ2n) is 4.74. The molecule has 0 radical (unpaired) electrons. The van der Waals surface area contributed by atoms with Gasteiger partial charge in [-0.25, -0.2) is 0 Å². The number of methoxy groups -OCH3 is 1. The number of hydrogen-bond acceptors (Lipinski definition) is 2. The van der Waals surface area contributed by atoms with Gasteiger partial charge in [0.1, 0.15) is 5.75 Å². The van der Waals surface area contributed by atoms with Crippen LogP contribution in [0.3, 0.4) is 0 Å². The Labute approximate surface area is 102 Å². The van der Waals surface area contributed by atoms with Crippen molar-refractivity contribution in [3.05, 3.63) is 28.3 Å². The number of rotatable bonds is 4. The van der Waals surface area contributed by atoms with Gasteiger partial charge in [-0.05, 0) is 49.8 Å². The highest BCUT2D eigenvalue weighted by atomic mass is 35.5. The Balaban J connectivity index is 2.17. The molecular formula is C13H18ClNO. The zero-order chi connectivity index (χ0) is 11.8. The fraction of sp³-hybridized carbons (Fsp3) is 0.538. The van der Waals surface area contributed by atoms with Crippen LogP contribution in [0.2, 0.25) is 5.02 Å². The van der Waals surface area contributed by atoms with Crippen molar-refractivity contribution in [2.45, 2.75) is 38.1 Å². The molecular weight excluding hydrogens is 222 g/mol. The summed E-state index contributed by atoms with van der Waals surface area (Å²) < 4.78 is 5.23. The normalized spacial score (nSPS) is 17.2. The van der Waals surface area contributed by atoms with Crippen LogP contribution in [0.15, 0.2) is 12.1 Å². The van der Waals surface area contributed by atoms with E-state index in [0.717, 1.165) is 36.5 Å². The summed E-state index contributed by atoms with van der Waals surface area (Å²) in [6, 6.07) is 3.96. The SMILES string of the molecule is COc1ccc(C)c(CCC2(N)CC2)c1Cl. The molecule has 1 aliphatic carbocycles. The molecule has 1 aromatic carbocycles. The summed E-state index contributed by atoms with van der Waals surface area (Å²) in [7, 11) is 1.64. The van der Waals surface area contributed by atoms with E-state index < -0.39 is 0 Å². The highest BCUT2D eigenvalue weighted by Gasteiger charge is 2.37. The first-order valence-electron chi connectivity index (χ1n) is 5.66. The lowest BCUT2D eigenvalue weighted by Gasteiger charge is -2.14. The summed E-state index contributed by atoms with van der Waals surface area (Å²) >= 11 is 6.30. The molecule has 0 spiro atoms. The molecule has 2 nitrogen and oxygen atoms in total. The molecule has 0 aliphatic heterocycles. The summed E-state index contributed by atoms with van der Waals surface area (Å²) in [6.45, 7) is 2.08. The van der Waals surface area contributed by atoms with Gasteiger partial charge in [0, 0.05) is 5.54 Å². The smallest absolute Gasteiger partial charge is 0.137 e. The predicted octanol–water partition coefficient (Wildman–Crippen LogP) is 3.08. The lowest BCUT2D eigenvalue weighted by molar-refractivity contribution is 0.414. The summed E-state index contributed by atoms with van der Waals surface area (Å²) in [5, 5.41) is 0.742. The zero-order valence-corrected chi connectivity index (χ0v) is 10.6. The second kappa shape index (κ2) is 4.27. The first-order chi connectivity index (χ1) is 7.56. The molecule has 0 amide bonds. The Bertz CT molecular complexity index is 399. The Kier molecular flexibility index (Phi) is 3.13. The highest BCUT2D eigenvalue weighted by Crippen LogP contribution is 2.39. The molecule has 3 heteroatoms. The van der Waals surface area contributed by atoms with Gasteiger partial charge in [0.25, 0.3) is 0 Å². The first-order valence-corrected chi connectivity index (χ1v) is 6.04. The number of halogens is 1. The van der Waals surface area contributed by atoms with E-state index in [1.807, 2.05) is 6.07 Å². The molecule has 0 aromatic heterocycles. The van der Waals surface area contributed by atoms with Crippen LogP contribution in [-0.4, -0.2) is 12.6 Å². The number of hydrogen-bond donors (Lipinski definition) is 1. The summed E-state index contributed by atoms with van der Waals surface area (Å²) in [6.07, 6.45) is 4.25. The van der Waals surface area contributed by atoms with Crippen LogP contribution in [0, 0.1) is 6.92 Å². The van der Waals surface area contributed by atoms with E-state index in [2.05, 4.69) is 13.0 Å². The van der Waals surface area contributed by atoms with Gasteiger partial charge in [-0.3, -0.25) is 0 Å². The molecule has 0 bridgehead atoms. The topological polar surface area (TPSA) is 35.2 Å². The van der Waals surface area contributed by atoms with Crippen LogP contribution >= 0.6 is 11.6 Å². The number of benzene rings is 1. The minimum absolute atomic E-state index is 0.0822. The van der Waals surface area contributed by atoms with E-state index in [1.54, 1.807) is 7.11 Å². The average molecular weight is 240 g/mol. The molecule has 1 aromatic rings. The van der Waals surface area contributed by atoms with E-state index >= 15 is 0 Å². The maximum Gasteiger partial charge on any atom is 0.137 e. The maximum absolute atomic E-state index is 6.30. The quantitative estimate of drug-likeness (QED) is 0.877. The Morgan fingerprint density at radius 3 is 2.69 bits per heavy atom. The fourth-order valence-electron chi connectivity index (χ4n) is 1.95. The molecule has 1 aliphatic rings. The molecule has 0 unspecified atom stereocenters. The largest absolute Gasteiger partial charge is 0.495 e. The number of nitrogens with two attached hydrogens (primary N) is 1. The van der Waals surface area contributed by atoms with E-state index in [4.69, 9.17) is 22.1 Å². The van der Waals surface area contributed by atoms with Gasteiger partial charge in [-0.2, -0.15) is 0 Å². The highest BCUT2D eigenvalue weighted by molar-refractivity contribution is 6.32. The van der Waals surface area contributed by atoms with Gasteiger partial charge < -0.3 is 10.5 Å². The summed E-state index contributed by atoms with van der Waals surface area (Å²) in [5.41, 5.74) is 8.57. The molecule has 0 heterocycles. The van der Waals surface area contributed by atoms with Crippen molar-refractivity contribution in [3.8, 4) is 5.75 Å². The van der Waals surface area contributed by atoms with Crippen molar-refractivity contribution < 1.29 is 4.74 Å². The standard InChI is InChI=1S/C13H18ClNO/c1-9-3-4-11(16-2)12(14)10(9)5-6-13(15)7-8-13/h3-4H,5-8,15H2,1-2H3. The van der Waals surface area contributed by atoms with Crippen molar-refractivity contribution >= 4 is 11.6 Å². The van der Waals surface area contributed by atoms with Crippen LogP contribution in [-0.2, 0) is 6.42 Å². The third kappa shape index (κ3) is 2.33. The van der Waals surface area contributed by atoms with E-state index in [-0.39, 0.29) is 5.54 Å². The average Bonchev–Trinajstić information content (AvgIpc) is 2.97. The van der Waals surface area contributed by atoms with Crippen molar-refractivity contribution in [1.82, 2.24) is 0 Å². The molecule has 1 saturated carbocycles. The van der Waals surface area contributed by atoms with Gasteiger partial charge in [0.15, 0.2) is 0 Å². The minimum Gasteiger partial charge on any atom is -0.495 e. The fourth-order valence-corrected chi connectivity index (χ4v) is 2.33. The second-order valence-corrected chi connectivity index (χ2v) is 5.12. The Morgan fingerprint density at radius 2 is 2.12 bits per heavy atom. The van der Waals surface area contributed by atoms with E-state index in [9.17, 15) is 0 Å². The molecule has 88 valence electrons. The van der Waals surface area contributed by atoms with Gasteiger partial charge in [0.05, 0.1) is 12.1 Å². The molecule has 2 rings (SSSR count). The molecule has 16 heavy (non-hydrogen) atoms. The van der Waals surface area contributed by atoms with Crippen LogP contribution in [0.1, 0.15) is 30.4 Å². The lowest BCUT2D eigenvalue weighted by atomic mass is 10.00. The maximum atomic E-state index is 6.30. The van der Waals surface area contributed by atoms with E-state index in [1.165, 1.54) is 11.1 Å². The van der Waals surface area contributed by atoms with E-state index in [0.29, 0.717) is 0 Å². The van der Waals surface area contributed by atoms with Crippen molar-refractivity contribution in [3.63, 3.8) is 0 Å². The lowest BCUT2D eigenvalue weighted by Crippen LogP contribution is -2.22. The summed E-state index contributed by atoms with van der Waals surface area (Å²) in [4.78, 5) is 0. The van der Waals surface area contributed by atoms with Gasteiger partial charge >= 0.3 is 0 Å². The van der Waals surface area contributed by atoms with Crippen LogP contribution in [0.5, 0.6) is 5.75 Å².